The minimum absolute atomic E-state index is 0.0155. The summed E-state index contributed by atoms with van der Waals surface area (Å²) >= 11 is 14.0. The molecule has 0 aromatic rings. The first kappa shape index (κ1) is 50.2. The Morgan fingerprint density at radius 1 is 0.611 bits per heavy atom. The van der Waals surface area contributed by atoms with Crippen LogP contribution in [0.2, 0.25) is 0 Å². The first-order valence-corrected chi connectivity index (χ1v) is 19.1. The molecular weight excluding hydrogens is 829 g/mol. The molecular formula is C31H50BrCl2N7O13. The molecule has 0 aromatic heterocycles. The lowest BCUT2D eigenvalue weighted by Crippen LogP contribution is -2.52. The van der Waals surface area contributed by atoms with Crippen molar-refractivity contribution in [1.29, 1.82) is 0 Å². The highest BCUT2D eigenvalue weighted by Gasteiger charge is 2.27. The molecule has 8 N–H and O–H groups in total. The van der Waals surface area contributed by atoms with Gasteiger partial charge in [0.15, 0.2) is 0 Å². The van der Waals surface area contributed by atoms with Gasteiger partial charge in [-0.3, -0.25) is 43.2 Å². The predicted molar refractivity (Wildman–Crippen MR) is 197 cm³/mol. The molecule has 0 aromatic carbocycles. The standard InChI is InChI=1S/C31H50BrCl2N7O13/c32-17-25(44)35-7-1-2-23(42)38-10-13-53-14-15-54-20-28(47)39-21(16-30(50)51)3-5-24(43)40-22(4-6-29(48)49)31(52)41(11-8-36-26(45)18-33)12-9-37-27(46)19-34/h21-22H,1-20H2,(H,35,44)(H,36,45)(H,37,46)(H,38,42)(H,39,47)(H,40,43)(H,48,49)(H,50,51)/t21-,22+/m1/s1. The SMILES string of the molecule is O=C(O)CC[C@H](NC(=O)CC[C@H](CC(=O)O)NC(=O)COCCOCCNC(=O)CCCNC(=O)CBr)C(=O)N(CCNC(=O)CCl)CCNC(=O)CCl. The van der Waals surface area contributed by atoms with Gasteiger partial charge in [-0.2, -0.15) is 0 Å². The van der Waals surface area contributed by atoms with Crippen molar-refractivity contribution in [2.24, 2.45) is 0 Å². The monoisotopic (exact) mass is 877 g/mol. The van der Waals surface area contributed by atoms with Crippen LogP contribution in [0.1, 0.15) is 44.9 Å². The molecule has 0 aliphatic heterocycles. The Kier molecular flexibility index (Phi) is 29.3. The zero-order valence-electron chi connectivity index (χ0n) is 29.8. The molecule has 0 spiro atoms. The van der Waals surface area contributed by atoms with E-state index in [9.17, 15) is 53.4 Å². The lowest BCUT2D eigenvalue weighted by atomic mass is 10.1. The molecule has 0 fully saturated rings. The number of halogens is 3. The van der Waals surface area contributed by atoms with Crippen molar-refractivity contribution in [1.82, 2.24) is 36.8 Å². The number of nitrogens with zero attached hydrogens (tertiary/aromatic N) is 1. The Balaban J connectivity index is 4.93. The van der Waals surface area contributed by atoms with Gasteiger partial charge in [0, 0.05) is 64.6 Å². The lowest BCUT2D eigenvalue weighted by molar-refractivity contribution is -0.140. The van der Waals surface area contributed by atoms with E-state index in [1.165, 1.54) is 4.90 Å². The number of aliphatic carboxylic acids is 2. The second kappa shape index (κ2) is 31.5. The maximum absolute atomic E-state index is 13.5. The van der Waals surface area contributed by atoms with E-state index in [-0.39, 0.29) is 107 Å². The summed E-state index contributed by atoms with van der Waals surface area (Å²) in [5.41, 5.74) is 0. The second-order valence-electron chi connectivity index (χ2n) is 11.3. The molecule has 0 saturated heterocycles. The van der Waals surface area contributed by atoms with Crippen LogP contribution >= 0.6 is 39.1 Å². The number of carbonyl (C=O) groups is 9. The predicted octanol–water partition coefficient (Wildman–Crippen LogP) is -1.94. The van der Waals surface area contributed by atoms with Crippen LogP contribution < -0.4 is 31.9 Å². The van der Waals surface area contributed by atoms with E-state index >= 15 is 0 Å². The third-order valence-electron chi connectivity index (χ3n) is 6.95. The van der Waals surface area contributed by atoms with Crippen molar-refractivity contribution in [3.63, 3.8) is 0 Å². The summed E-state index contributed by atoms with van der Waals surface area (Å²) in [5.74, 6) is -6.59. The van der Waals surface area contributed by atoms with E-state index in [2.05, 4.69) is 47.8 Å². The van der Waals surface area contributed by atoms with E-state index in [1.54, 1.807) is 0 Å². The maximum Gasteiger partial charge on any atom is 0.305 e. The number of hydrogen-bond donors (Lipinski definition) is 8. The molecule has 7 amide bonds. The largest absolute Gasteiger partial charge is 0.481 e. The third-order valence-corrected chi connectivity index (χ3v) is 7.94. The number of amides is 7. The van der Waals surface area contributed by atoms with Gasteiger partial charge < -0.3 is 56.5 Å². The maximum atomic E-state index is 13.5. The van der Waals surface area contributed by atoms with Gasteiger partial charge in [0.05, 0.1) is 31.6 Å². The van der Waals surface area contributed by atoms with Crippen LogP contribution in [0, 0.1) is 0 Å². The second-order valence-corrected chi connectivity index (χ2v) is 12.4. The van der Waals surface area contributed by atoms with Crippen LogP contribution in [0.4, 0.5) is 0 Å². The van der Waals surface area contributed by atoms with Crippen molar-refractivity contribution in [3.05, 3.63) is 0 Å². The van der Waals surface area contributed by atoms with Gasteiger partial charge in [-0.25, -0.2) is 0 Å². The van der Waals surface area contributed by atoms with Gasteiger partial charge in [-0.1, -0.05) is 15.9 Å². The molecule has 23 heteroatoms. The Morgan fingerprint density at radius 2 is 1.20 bits per heavy atom. The quantitative estimate of drug-likeness (QED) is 0.0270. The molecule has 0 heterocycles. The molecule has 0 unspecified atom stereocenters. The smallest absolute Gasteiger partial charge is 0.305 e. The summed E-state index contributed by atoms with van der Waals surface area (Å²) in [6.07, 6.45) is -1.10. The first-order chi connectivity index (χ1) is 25.7. The number of hydrogen-bond acceptors (Lipinski definition) is 11. The summed E-state index contributed by atoms with van der Waals surface area (Å²) in [4.78, 5) is 109. The normalized spacial score (nSPS) is 11.7. The highest BCUT2D eigenvalue weighted by Crippen LogP contribution is 2.08. The van der Waals surface area contributed by atoms with E-state index in [1.807, 2.05) is 0 Å². The summed E-state index contributed by atoms with van der Waals surface area (Å²) in [5, 5.41) is 34.0. The number of carboxylic acids is 2. The number of nitrogens with one attached hydrogen (secondary N) is 6. The highest BCUT2D eigenvalue weighted by atomic mass is 79.9. The van der Waals surface area contributed by atoms with Crippen LogP contribution in [-0.4, -0.2) is 163 Å². The number of ether oxygens (including phenoxy) is 2. The highest BCUT2D eigenvalue weighted by molar-refractivity contribution is 9.09. The van der Waals surface area contributed by atoms with Crippen LogP contribution in [0.25, 0.3) is 0 Å². The zero-order chi connectivity index (χ0) is 40.7. The Hall–Kier alpha value is -3.79. The van der Waals surface area contributed by atoms with Gasteiger partial charge in [0.2, 0.25) is 41.4 Å². The van der Waals surface area contributed by atoms with Crippen molar-refractivity contribution in [2.75, 3.05) is 82.8 Å². The van der Waals surface area contributed by atoms with Gasteiger partial charge in [-0.05, 0) is 19.3 Å². The fourth-order valence-corrected chi connectivity index (χ4v) is 4.76. The Bertz CT molecular complexity index is 1210. The third kappa shape index (κ3) is 27.8. The summed E-state index contributed by atoms with van der Waals surface area (Å²) < 4.78 is 10.6. The van der Waals surface area contributed by atoms with Crippen LogP contribution in [-0.2, 0) is 52.6 Å². The molecule has 0 aliphatic carbocycles. The molecule has 20 nitrogen and oxygen atoms in total. The number of carboxylic acid groups (broad SMARTS) is 2. The van der Waals surface area contributed by atoms with Crippen molar-refractivity contribution in [2.45, 2.75) is 57.0 Å². The van der Waals surface area contributed by atoms with Gasteiger partial charge in [-0.15, -0.1) is 23.2 Å². The fraction of sp³-hybridized carbons (Fsp3) is 0.710. The van der Waals surface area contributed by atoms with Gasteiger partial charge in [0.1, 0.15) is 24.4 Å². The van der Waals surface area contributed by atoms with E-state index in [0.29, 0.717) is 13.0 Å². The molecule has 0 rings (SSSR count). The number of alkyl halides is 3. The summed E-state index contributed by atoms with van der Waals surface area (Å²) in [6.45, 7) is 0.284. The van der Waals surface area contributed by atoms with E-state index in [4.69, 9.17) is 32.7 Å². The molecule has 0 aliphatic rings. The average Bonchev–Trinajstić information content (AvgIpc) is 3.13. The van der Waals surface area contributed by atoms with Crippen LogP contribution in [0.15, 0.2) is 0 Å². The lowest BCUT2D eigenvalue weighted by Gasteiger charge is -2.28. The van der Waals surface area contributed by atoms with Crippen LogP contribution in [0.5, 0.6) is 0 Å². The molecule has 0 saturated carbocycles. The van der Waals surface area contributed by atoms with Crippen molar-refractivity contribution < 1.29 is 62.8 Å². The fourth-order valence-electron chi connectivity index (χ4n) is 4.37. The number of rotatable bonds is 32. The van der Waals surface area contributed by atoms with Crippen LogP contribution in [0.3, 0.4) is 0 Å². The molecule has 0 radical (unpaired) electrons. The average molecular weight is 880 g/mol. The topological polar surface area (TPSA) is 288 Å². The van der Waals surface area contributed by atoms with Crippen molar-refractivity contribution >= 4 is 92.4 Å². The van der Waals surface area contributed by atoms with Crippen molar-refractivity contribution in [3.8, 4) is 0 Å². The minimum atomic E-state index is -1.33. The molecule has 0 bridgehead atoms. The van der Waals surface area contributed by atoms with Gasteiger partial charge >= 0.3 is 11.9 Å². The summed E-state index contributed by atoms with van der Waals surface area (Å²) in [7, 11) is 0. The van der Waals surface area contributed by atoms with Gasteiger partial charge in [0.25, 0.3) is 0 Å². The van der Waals surface area contributed by atoms with E-state index in [0.717, 1.165) is 0 Å². The minimum Gasteiger partial charge on any atom is -0.481 e. The van der Waals surface area contributed by atoms with E-state index < -0.39 is 73.0 Å². The number of carbonyl (C=O) groups excluding carboxylic acids is 7. The Labute approximate surface area is 330 Å². The molecule has 54 heavy (non-hydrogen) atoms. The summed E-state index contributed by atoms with van der Waals surface area (Å²) in [6, 6.07) is -2.32. The molecule has 308 valence electrons. The first-order valence-electron chi connectivity index (χ1n) is 16.9. The Morgan fingerprint density at radius 3 is 1.78 bits per heavy atom. The molecule has 2 atom stereocenters. The zero-order valence-corrected chi connectivity index (χ0v) is 32.9.